The van der Waals surface area contributed by atoms with E-state index in [0.717, 1.165) is 24.2 Å². The van der Waals surface area contributed by atoms with Crippen molar-refractivity contribution in [3.63, 3.8) is 0 Å². The van der Waals surface area contributed by atoms with Crippen molar-refractivity contribution in [2.75, 3.05) is 24.3 Å². The van der Waals surface area contributed by atoms with Crippen LogP contribution in [-0.2, 0) is 4.79 Å². The van der Waals surface area contributed by atoms with E-state index < -0.39 is 12.0 Å². The fourth-order valence-electron chi connectivity index (χ4n) is 1.72. The normalized spacial score (nSPS) is 11.9. The van der Waals surface area contributed by atoms with Crippen molar-refractivity contribution in [3.05, 3.63) is 24.3 Å². The highest BCUT2D eigenvalue weighted by Gasteiger charge is 2.16. The number of aliphatic carboxylic acids is 1. The highest BCUT2D eigenvalue weighted by Crippen LogP contribution is 2.17. The van der Waals surface area contributed by atoms with Crippen LogP contribution >= 0.6 is 0 Å². The van der Waals surface area contributed by atoms with Gasteiger partial charge in [0.1, 0.15) is 6.04 Å². The molecule has 4 nitrogen and oxygen atoms in total. The maximum absolute atomic E-state index is 11.1. The summed E-state index contributed by atoms with van der Waals surface area (Å²) in [6.45, 7) is 2.06. The topological polar surface area (TPSA) is 52.6 Å². The first-order valence-electron chi connectivity index (χ1n) is 6.31. The van der Waals surface area contributed by atoms with Gasteiger partial charge in [-0.25, -0.2) is 4.79 Å². The molecule has 0 radical (unpaired) electrons. The van der Waals surface area contributed by atoms with Crippen molar-refractivity contribution in [2.24, 2.45) is 0 Å². The second kappa shape index (κ2) is 6.89. The summed E-state index contributed by atoms with van der Waals surface area (Å²) in [5, 5.41) is 12.2. The lowest BCUT2D eigenvalue weighted by atomic mass is 10.1. The summed E-state index contributed by atoms with van der Waals surface area (Å²) < 4.78 is 0. The van der Waals surface area contributed by atoms with Gasteiger partial charge < -0.3 is 15.3 Å². The third-order valence-electron chi connectivity index (χ3n) is 2.87. The number of hydrogen-bond donors (Lipinski definition) is 2. The smallest absolute Gasteiger partial charge is 0.326 e. The van der Waals surface area contributed by atoms with Crippen LogP contribution in [0.3, 0.4) is 0 Å². The van der Waals surface area contributed by atoms with Gasteiger partial charge in [0.15, 0.2) is 0 Å². The highest BCUT2D eigenvalue weighted by molar-refractivity contribution is 5.77. The van der Waals surface area contributed by atoms with E-state index in [0.29, 0.717) is 6.42 Å². The molecular formula is C14H22N2O2. The molecule has 0 heterocycles. The number of rotatable bonds is 7. The van der Waals surface area contributed by atoms with Gasteiger partial charge in [-0.3, -0.25) is 0 Å². The molecule has 100 valence electrons. The molecule has 0 fully saturated rings. The van der Waals surface area contributed by atoms with Gasteiger partial charge in [-0.05, 0) is 30.7 Å². The summed E-state index contributed by atoms with van der Waals surface area (Å²) in [7, 11) is 3.95. The molecule has 1 aromatic rings. The number of benzene rings is 1. The zero-order valence-corrected chi connectivity index (χ0v) is 11.3. The van der Waals surface area contributed by atoms with Crippen LogP contribution in [0.25, 0.3) is 0 Å². The number of carboxylic acids is 1. The predicted molar refractivity (Wildman–Crippen MR) is 75.3 cm³/mol. The largest absolute Gasteiger partial charge is 0.480 e. The van der Waals surface area contributed by atoms with Crippen molar-refractivity contribution in [2.45, 2.75) is 32.2 Å². The van der Waals surface area contributed by atoms with Gasteiger partial charge in [-0.15, -0.1) is 0 Å². The average Bonchev–Trinajstić information content (AvgIpc) is 2.34. The van der Waals surface area contributed by atoms with Gasteiger partial charge in [-0.2, -0.15) is 0 Å². The fraction of sp³-hybridized carbons (Fsp3) is 0.500. The second-order valence-electron chi connectivity index (χ2n) is 4.62. The number of carbonyl (C=O) groups is 1. The molecule has 18 heavy (non-hydrogen) atoms. The molecule has 0 aliphatic rings. The molecule has 0 aliphatic heterocycles. The molecule has 0 saturated carbocycles. The molecule has 0 saturated heterocycles. The van der Waals surface area contributed by atoms with Crippen molar-refractivity contribution < 1.29 is 9.90 Å². The summed E-state index contributed by atoms with van der Waals surface area (Å²) in [6, 6.07) is 7.27. The lowest BCUT2D eigenvalue weighted by Crippen LogP contribution is -2.29. The molecule has 4 heteroatoms. The van der Waals surface area contributed by atoms with Crippen molar-refractivity contribution >= 4 is 17.3 Å². The number of anilines is 2. The molecule has 1 aromatic carbocycles. The van der Waals surface area contributed by atoms with Gasteiger partial charge >= 0.3 is 5.97 Å². The van der Waals surface area contributed by atoms with Crippen molar-refractivity contribution in [1.82, 2.24) is 0 Å². The van der Waals surface area contributed by atoms with Crippen LogP contribution in [0.1, 0.15) is 26.2 Å². The van der Waals surface area contributed by atoms with Crippen molar-refractivity contribution in [1.29, 1.82) is 0 Å². The van der Waals surface area contributed by atoms with Gasteiger partial charge in [0.2, 0.25) is 0 Å². The van der Waals surface area contributed by atoms with Crippen LogP contribution in [0.5, 0.6) is 0 Å². The minimum atomic E-state index is -0.792. The van der Waals surface area contributed by atoms with Crippen LogP contribution in [0.15, 0.2) is 24.3 Å². The monoisotopic (exact) mass is 250 g/mol. The summed E-state index contributed by atoms with van der Waals surface area (Å²) in [5.41, 5.74) is 1.95. The Morgan fingerprint density at radius 1 is 1.33 bits per heavy atom. The number of nitrogens with zero attached hydrogens (tertiary/aromatic N) is 1. The minimum Gasteiger partial charge on any atom is -0.480 e. The van der Waals surface area contributed by atoms with E-state index in [1.807, 2.05) is 43.3 Å². The van der Waals surface area contributed by atoms with E-state index in [1.165, 1.54) is 0 Å². The van der Waals surface area contributed by atoms with E-state index in [2.05, 4.69) is 12.2 Å². The Hall–Kier alpha value is -1.71. The molecule has 1 rings (SSSR count). The van der Waals surface area contributed by atoms with Crippen LogP contribution < -0.4 is 10.2 Å². The molecule has 0 bridgehead atoms. The maximum Gasteiger partial charge on any atom is 0.326 e. The van der Waals surface area contributed by atoms with Gasteiger partial charge in [0.25, 0.3) is 0 Å². The summed E-state index contributed by atoms with van der Waals surface area (Å²) in [6.07, 6.45) is 2.58. The molecule has 0 amide bonds. The lowest BCUT2D eigenvalue weighted by Gasteiger charge is -2.17. The Balaban J connectivity index is 2.66. The second-order valence-corrected chi connectivity index (χ2v) is 4.62. The maximum atomic E-state index is 11.1. The first-order valence-corrected chi connectivity index (χ1v) is 6.31. The minimum absolute atomic E-state index is 0.504. The van der Waals surface area contributed by atoms with Gasteiger partial charge in [0, 0.05) is 25.5 Å². The van der Waals surface area contributed by atoms with E-state index in [1.54, 1.807) is 0 Å². The first kappa shape index (κ1) is 14.4. The Morgan fingerprint density at radius 2 is 1.94 bits per heavy atom. The predicted octanol–water partition coefficient (Wildman–Crippen LogP) is 2.81. The SMILES string of the molecule is CCCCC(Nc1ccc(N(C)C)cc1)C(=O)O. The number of unbranched alkanes of at least 4 members (excludes halogenated alkanes) is 1. The van der Waals surface area contributed by atoms with Crippen LogP contribution in [0, 0.1) is 0 Å². The molecule has 0 aliphatic carbocycles. The Kier molecular flexibility index (Phi) is 5.49. The van der Waals surface area contributed by atoms with Gasteiger partial charge in [0.05, 0.1) is 0 Å². The molecular weight excluding hydrogens is 228 g/mol. The zero-order valence-electron chi connectivity index (χ0n) is 11.3. The summed E-state index contributed by atoms with van der Waals surface area (Å²) in [4.78, 5) is 13.1. The Morgan fingerprint density at radius 3 is 2.39 bits per heavy atom. The Labute approximate surface area is 109 Å². The lowest BCUT2D eigenvalue weighted by molar-refractivity contribution is -0.138. The summed E-state index contributed by atoms with van der Waals surface area (Å²) in [5.74, 6) is -0.792. The highest BCUT2D eigenvalue weighted by atomic mass is 16.4. The molecule has 0 aromatic heterocycles. The van der Waals surface area contributed by atoms with Crippen LogP contribution in [-0.4, -0.2) is 31.2 Å². The average molecular weight is 250 g/mol. The number of nitrogens with one attached hydrogen (secondary N) is 1. The third kappa shape index (κ3) is 4.28. The van der Waals surface area contributed by atoms with Gasteiger partial charge in [-0.1, -0.05) is 19.8 Å². The molecule has 1 unspecified atom stereocenters. The first-order chi connectivity index (χ1) is 8.54. The van der Waals surface area contributed by atoms with E-state index in [4.69, 9.17) is 5.11 Å². The molecule has 1 atom stereocenters. The zero-order chi connectivity index (χ0) is 13.5. The standard InChI is InChI=1S/C14H22N2O2/c1-4-5-6-13(14(17)18)15-11-7-9-12(10-8-11)16(2)3/h7-10,13,15H,4-6H2,1-3H3,(H,17,18). The third-order valence-corrected chi connectivity index (χ3v) is 2.87. The van der Waals surface area contributed by atoms with E-state index >= 15 is 0 Å². The molecule has 0 spiro atoms. The van der Waals surface area contributed by atoms with E-state index in [9.17, 15) is 4.79 Å². The fourth-order valence-corrected chi connectivity index (χ4v) is 1.72. The molecule has 2 N–H and O–H groups in total. The number of carboxylic acid groups (broad SMARTS) is 1. The number of hydrogen-bond acceptors (Lipinski definition) is 3. The quantitative estimate of drug-likeness (QED) is 0.781. The van der Waals surface area contributed by atoms with Crippen LogP contribution in [0.4, 0.5) is 11.4 Å². The summed E-state index contributed by atoms with van der Waals surface area (Å²) >= 11 is 0. The van der Waals surface area contributed by atoms with Crippen molar-refractivity contribution in [3.8, 4) is 0 Å². The van der Waals surface area contributed by atoms with E-state index in [-0.39, 0.29) is 0 Å². The van der Waals surface area contributed by atoms with Crippen LogP contribution in [0.2, 0.25) is 0 Å². The Bertz CT molecular complexity index is 374.